The first-order valence-corrected chi connectivity index (χ1v) is 4.95. The van der Waals surface area contributed by atoms with Gasteiger partial charge in [-0.3, -0.25) is 0 Å². The largest absolute Gasteiger partial charge is 0.508 e. The van der Waals surface area contributed by atoms with Crippen molar-refractivity contribution in [1.82, 2.24) is 0 Å². The van der Waals surface area contributed by atoms with Gasteiger partial charge in [-0.15, -0.1) is 0 Å². The Morgan fingerprint density at radius 2 is 2.25 bits per heavy atom. The minimum atomic E-state index is -0.0398. The second-order valence-electron chi connectivity index (χ2n) is 3.46. The third kappa shape index (κ3) is 1.81. The lowest BCUT2D eigenvalue weighted by Crippen LogP contribution is -2.18. The number of hydrogen-bond acceptors (Lipinski definition) is 1. The fourth-order valence-corrected chi connectivity index (χ4v) is 1.34. The van der Waals surface area contributed by atoms with Crippen LogP contribution in [-0.4, -0.2) is 10.4 Å². The summed E-state index contributed by atoms with van der Waals surface area (Å²) in [6, 6.07) is 8.17. The van der Waals surface area contributed by atoms with Crippen LogP contribution >= 0.6 is 15.9 Å². The second-order valence-corrected chi connectivity index (χ2v) is 4.02. The van der Waals surface area contributed by atoms with Crippen molar-refractivity contribution < 1.29 is 5.11 Å². The van der Waals surface area contributed by atoms with E-state index in [-0.39, 0.29) is 5.41 Å². The van der Waals surface area contributed by atoms with Gasteiger partial charge in [-0.1, -0.05) is 35.8 Å². The summed E-state index contributed by atoms with van der Waals surface area (Å²) in [5.41, 5.74) is 0.892. The molecule has 0 spiro atoms. The number of alkyl halides is 1. The summed E-state index contributed by atoms with van der Waals surface area (Å²) in [6.07, 6.45) is 0. The standard InChI is InChI=1S/C10H12BrO/c1-10(2,7-11)8-5-3-4-6-9(8)12/h4-6,12H,7H2,1-2H3. The molecular formula is C10H12BrO. The molecular weight excluding hydrogens is 216 g/mol. The van der Waals surface area contributed by atoms with Gasteiger partial charge in [0.25, 0.3) is 0 Å². The Hall–Kier alpha value is -0.500. The molecule has 0 amide bonds. The number of halogens is 1. The molecule has 0 aromatic heterocycles. The van der Waals surface area contributed by atoms with Crippen molar-refractivity contribution >= 4 is 15.9 Å². The van der Waals surface area contributed by atoms with Gasteiger partial charge in [0.1, 0.15) is 5.75 Å². The predicted molar refractivity (Wildman–Crippen MR) is 53.8 cm³/mol. The van der Waals surface area contributed by atoms with Crippen molar-refractivity contribution in [3.05, 3.63) is 29.8 Å². The zero-order valence-corrected chi connectivity index (χ0v) is 8.85. The average molecular weight is 228 g/mol. The fraction of sp³-hybridized carbons (Fsp3) is 0.400. The number of phenolic OH excluding ortho intramolecular Hbond substituents is 1. The summed E-state index contributed by atoms with van der Waals surface area (Å²) >= 11 is 3.42. The van der Waals surface area contributed by atoms with E-state index in [1.165, 1.54) is 0 Å². The molecule has 0 heterocycles. The average Bonchev–Trinajstić information content (AvgIpc) is 2.05. The minimum absolute atomic E-state index is 0.0398. The molecule has 0 saturated carbocycles. The van der Waals surface area contributed by atoms with Gasteiger partial charge in [0, 0.05) is 16.3 Å². The summed E-state index contributed by atoms with van der Waals surface area (Å²) in [7, 11) is 0. The van der Waals surface area contributed by atoms with Crippen molar-refractivity contribution in [1.29, 1.82) is 0 Å². The van der Waals surface area contributed by atoms with Crippen LogP contribution in [0.5, 0.6) is 5.75 Å². The first-order chi connectivity index (χ1) is 5.58. The monoisotopic (exact) mass is 227 g/mol. The van der Waals surface area contributed by atoms with Crippen molar-refractivity contribution in [3.63, 3.8) is 0 Å². The molecule has 1 aromatic rings. The van der Waals surface area contributed by atoms with Crippen LogP contribution in [0.15, 0.2) is 18.2 Å². The van der Waals surface area contributed by atoms with Gasteiger partial charge in [-0.05, 0) is 18.2 Å². The molecule has 0 unspecified atom stereocenters. The van der Waals surface area contributed by atoms with E-state index in [2.05, 4.69) is 35.8 Å². The fourth-order valence-electron chi connectivity index (χ4n) is 1.04. The quantitative estimate of drug-likeness (QED) is 0.771. The molecule has 0 aliphatic rings. The maximum Gasteiger partial charge on any atom is 0.119 e. The molecule has 0 aliphatic carbocycles. The van der Waals surface area contributed by atoms with Gasteiger partial charge in [-0.2, -0.15) is 0 Å². The maximum absolute atomic E-state index is 9.54. The molecule has 0 atom stereocenters. The summed E-state index contributed by atoms with van der Waals surface area (Å²) < 4.78 is 0. The van der Waals surface area contributed by atoms with E-state index in [1.54, 1.807) is 12.1 Å². The smallest absolute Gasteiger partial charge is 0.119 e. The first-order valence-electron chi connectivity index (χ1n) is 3.83. The predicted octanol–water partition coefficient (Wildman–Crippen LogP) is 2.86. The summed E-state index contributed by atoms with van der Waals surface area (Å²) in [4.78, 5) is 0. The highest BCUT2D eigenvalue weighted by atomic mass is 79.9. The van der Waals surface area contributed by atoms with E-state index in [4.69, 9.17) is 0 Å². The first kappa shape index (κ1) is 9.59. The molecule has 1 aromatic carbocycles. The zero-order chi connectivity index (χ0) is 9.19. The van der Waals surface area contributed by atoms with Gasteiger partial charge >= 0.3 is 0 Å². The third-order valence-electron chi connectivity index (χ3n) is 1.90. The van der Waals surface area contributed by atoms with E-state index in [1.807, 2.05) is 6.07 Å². The SMILES string of the molecule is CC(C)(CBr)c1c[c]ccc1O. The number of benzene rings is 1. The molecule has 2 heteroatoms. The van der Waals surface area contributed by atoms with E-state index >= 15 is 0 Å². The third-order valence-corrected chi connectivity index (χ3v) is 3.31. The molecule has 65 valence electrons. The number of hydrogen-bond donors (Lipinski definition) is 1. The van der Waals surface area contributed by atoms with Crippen LogP contribution in [0.1, 0.15) is 19.4 Å². The summed E-state index contributed by atoms with van der Waals surface area (Å²) in [5, 5.41) is 10.4. The van der Waals surface area contributed by atoms with Crippen LogP contribution in [0.4, 0.5) is 0 Å². The van der Waals surface area contributed by atoms with Crippen LogP contribution < -0.4 is 0 Å². The van der Waals surface area contributed by atoms with E-state index in [0.717, 1.165) is 10.9 Å². The van der Waals surface area contributed by atoms with Crippen molar-refractivity contribution in [2.24, 2.45) is 0 Å². The highest BCUT2D eigenvalue weighted by Gasteiger charge is 2.21. The maximum atomic E-state index is 9.54. The summed E-state index contributed by atoms with van der Waals surface area (Å²) in [5.74, 6) is 0.346. The van der Waals surface area contributed by atoms with Crippen molar-refractivity contribution in [2.45, 2.75) is 19.3 Å². The van der Waals surface area contributed by atoms with Crippen LogP contribution in [0.3, 0.4) is 0 Å². The lowest BCUT2D eigenvalue weighted by Gasteiger charge is -2.22. The Morgan fingerprint density at radius 1 is 1.58 bits per heavy atom. The lowest BCUT2D eigenvalue weighted by molar-refractivity contribution is 0.449. The lowest BCUT2D eigenvalue weighted by atomic mass is 9.86. The molecule has 1 N–H and O–H groups in total. The van der Waals surface area contributed by atoms with Crippen LogP contribution in [0.25, 0.3) is 0 Å². The van der Waals surface area contributed by atoms with E-state index in [0.29, 0.717) is 5.75 Å². The summed E-state index contributed by atoms with van der Waals surface area (Å²) in [6.45, 7) is 4.15. The molecule has 0 aliphatic heterocycles. The number of phenols is 1. The van der Waals surface area contributed by atoms with Gasteiger partial charge in [0.05, 0.1) is 0 Å². The van der Waals surface area contributed by atoms with Crippen LogP contribution in [-0.2, 0) is 5.41 Å². The van der Waals surface area contributed by atoms with Crippen LogP contribution in [0, 0.1) is 6.07 Å². The molecule has 1 radical (unpaired) electrons. The second kappa shape index (κ2) is 3.48. The zero-order valence-electron chi connectivity index (χ0n) is 7.26. The van der Waals surface area contributed by atoms with Crippen molar-refractivity contribution in [3.8, 4) is 5.75 Å². The number of aromatic hydroxyl groups is 1. The Bertz CT molecular complexity index is 268. The molecule has 0 fully saturated rings. The Kier molecular flexibility index (Phi) is 2.78. The Labute approximate surface area is 81.6 Å². The van der Waals surface area contributed by atoms with E-state index in [9.17, 15) is 5.11 Å². The molecule has 0 saturated heterocycles. The van der Waals surface area contributed by atoms with Crippen molar-refractivity contribution in [2.75, 3.05) is 5.33 Å². The van der Waals surface area contributed by atoms with Crippen LogP contribution in [0.2, 0.25) is 0 Å². The number of rotatable bonds is 2. The van der Waals surface area contributed by atoms with Gasteiger partial charge in [0.2, 0.25) is 0 Å². The molecule has 1 nitrogen and oxygen atoms in total. The van der Waals surface area contributed by atoms with E-state index < -0.39 is 0 Å². The normalized spacial score (nSPS) is 11.6. The Balaban J connectivity index is 3.10. The van der Waals surface area contributed by atoms with Gasteiger partial charge in [-0.25, -0.2) is 0 Å². The molecule has 0 bridgehead atoms. The highest BCUT2D eigenvalue weighted by Crippen LogP contribution is 2.31. The van der Waals surface area contributed by atoms with Gasteiger partial charge < -0.3 is 5.11 Å². The topological polar surface area (TPSA) is 20.2 Å². The Morgan fingerprint density at radius 3 is 2.75 bits per heavy atom. The molecule has 12 heavy (non-hydrogen) atoms. The van der Waals surface area contributed by atoms with Gasteiger partial charge in [0.15, 0.2) is 0 Å². The molecule has 1 rings (SSSR count). The highest BCUT2D eigenvalue weighted by molar-refractivity contribution is 9.09. The minimum Gasteiger partial charge on any atom is -0.508 e.